The standard InChI is InChI=1S/C48H28N2OS/c1-2-11-31(12-3-1)49-41-25-22-30(28-38(41)46-42(49)26-23-35-33-14-5-8-19-44(33)51-47(35)46)29-21-24-40-37(27-29)32-13-4-7-17-39(32)50(40)43-18-10-16-36-34-15-6-9-20-45(34)52-48(36)43/h1-28H. The minimum Gasteiger partial charge on any atom is -0.455 e. The lowest BCUT2D eigenvalue weighted by Gasteiger charge is -2.10. The van der Waals surface area contributed by atoms with Crippen LogP contribution in [-0.4, -0.2) is 9.13 Å². The molecule has 0 fully saturated rings. The zero-order chi connectivity index (χ0) is 33.9. The zero-order valence-corrected chi connectivity index (χ0v) is 28.7. The molecule has 12 aromatic rings. The Morgan fingerprint density at radius 3 is 1.92 bits per heavy atom. The quantitative estimate of drug-likeness (QED) is 0.182. The molecule has 0 saturated carbocycles. The second-order valence-electron chi connectivity index (χ2n) is 13.7. The molecule has 0 spiro atoms. The van der Waals surface area contributed by atoms with Crippen LogP contribution in [0.5, 0.6) is 0 Å². The number of furan rings is 1. The van der Waals surface area contributed by atoms with Gasteiger partial charge in [0.05, 0.1) is 37.8 Å². The third-order valence-corrected chi connectivity index (χ3v) is 12.1. The van der Waals surface area contributed by atoms with Crippen LogP contribution in [0.25, 0.3) is 108 Å². The summed E-state index contributed by atoms with van der Waals surface area (Å²) in [6.45, 7) is 0. The van der Waals surface area contributed by atoms with Crippen molar-refractivity contribution in [1.29, 1.82) is 0 Å². The average Bonchev–Trinajstić information content (AvgIpc) is 3.95. The minimum absolute atomic E-state index is 0.912. The van der Waals surface area contributed by atoms with Gasteiger partial charge in [-0.2, -0.15) is 0 Å². The fraction of sp³-hybridized carbons (Fsp3) is 0. The first-order chi connectivity index (χ1) is 25.8. The Morgan fingerprint density at radius 2 is 1.06 bits per heavy atom. The Kier molecular flexibility index (Phi) is 5.65. The van der Waals surface area contributed by atoms with E-state index in [0.717, 1.165) is 44.0 Å². The van der Waals surface area contributed by atoms with Crippen LogP contribution in [0, 0.1) is 0 Å². The van der Waals surface area contributed by atoms with E-state index in [9.17, 15) is 0 Å². The molecular formula is C48H28N2OS. The van der Waals surface area contributed by atoms with Gasteiger partial charge in [0.15, 0.2) is 0 Å². The maximum absolute atomic E-state index is 6.65. The molecule has 4 aromatic heterocycles. The molecule has 4 heteroatoms. The highest BCUT2D eigenvalue weighted by Crippen LogP contribution is 2.44. The summed E-state index contributed by atoms with van der Waals surface area (Å²) in [5, 5.41) is 9.73. The molecular weight excluding hydrogens is 653 g/mol. The van der Waals surface area contributed by atoms with Crippen LogP contribution in [0.1, 0.15) is 0 Å². The summed E-state index contributed by atoms with van der Waals surface area (Å²) in [6, 6.07) is 61.7. The summed E-state index contributed by atoms with van der Waals surface area (Å²) < 4.78 is 14.1. The third kappa shape index (κ3) is 3.79. The van der Waals surface area contributed by atoms with Gasteiger partial charge < -0.3 is 13.6 Å². The van der Waals surface area contributed by atoms with Crippen LogP contribution in [0.2, 0.25) is 0 Å². The Labute approximate surface area is 301 Å². The number of benzene rings is 8. The Balaban J connectivity index is 1.12. The predicted octanol–water partition coefficient (Wildman–Crippen LogP) is 13.8. The van der Waals surface area contributed by atoms with Crippen LogP contribution in [-0.2, 0) is 0 Å². The highest BCUT2D eigenvalue weighted by atomic mass is 32.1. The fourth-order valence-corrected chi connectivity index (χ4v) is 9.85. The van der Waals surface area contributed by atoms with E-state index in [0.29, 0.717) is 0 Å². The van der Waals surface area contributed by atoms with E-state index in [2.05, 4.69) is 173 Å². The Hall–Kier alpha value is -6.62. The van der Waals surface area contributed by atoms with Gasteiger partial charge in [-0.3, -0.25) is 0 Å². The van der Waals surface area contributed by atoms with Crippen LogP contribution >= 0.6 is 11.3 Å². The van der Waals surface area contributed by atoms with Crippen molar-refractivity contribution in [3.63, 3.8) is 0 Å². The van der Waals surface area contributed by atoms with Crippen LogP contribution in [0.4, 0.5) is 0 Å². The molecule has 0 amide bonds. The second kappa shape index (κ2) is 10.5. The van der Waals surface area contributed by atoms with Crippen molar-refractivity contribution in [3.05, 3.63) is 170 Å². The summed E-state index contributed by atoms with van der Waals surface area (Å²) >= 11 is 1.88. The van der Waals surface area contributed by atoms with Gasteiger partial charge in [0.25, 0.3) is 0 Å². The number of thiophene rings is 1. The molecule has 242 valence electrons. The summed E-state index contributed by atoms with van der Waals surface area (Å²) in [5.74, 6) is 0. The monoisotopic (exact) mass is 680 g/mol. The highest BCUT2D eigenvalue weighted by molar-refractivity contribution is 7.26. The molecule has 12 rings (SSSR count). The van der Waals surface area contributed by atoms with Crippen molar-refractivity contribution in [2.24, 2.45) is 0 Å². The molecule has 8 aromatic carbocycles. The second-order valence-corrected chi connectivity index (χ2v) is 14.7. The van der Waals surface area contributed by atoms with Gasteiger partial charge in [-0.25, -0.2) is 0 Å². The van der Waals surface area contributed by atoms with Crippen LogP contribution in [0.15, 0.2) is 174 Å². The van der Waals surface area contributed by atoms with E-state index in [-0.39, 0.29) is 0 Å². The molecule has 0 radical (unpaired) electrons. The summed E-state index contributed by atoms with van der Waals surface area (Å²) in [5.41, 5.74) is 11.3. The normalized spacial score (nSPS) is 12.2. The summed E-state index contributed by atoms with van der Waals surface area (Å²) in [7, 11) is 0. The van der Waals surface area contributed by atoms with E-state index in [4.69, 9.17) is 4.42 Å². The number of para-hydroxylation sites is 3. The van der Waals surface area contributed by atoms with E-state index in [1.54, 1.807) is 0 Å². The number of nitrogens with zero attached hydrogens (tertiary/aromatic N) is 2. The number of hydrogen-bond donors (Lipinski definition) is 0. The number of rotatable bonds is 3. The van der Waals surface area contributed by atoms with E-state index in [1.165, 1.54) is 64.2 Å². The topological polar surface area (TPSA) is 23.0 Å². The predicted molar refractivity (Wildman–Crippen MR) is 221 cm³/mol. The third-order valence-electron chi connectivity index (χ3n) is 10.9. The van der Waals surface area contributed by atoms with Crippen molar-refractivity contribution in [3.8, 4) is 22.5 Å². The van der Waals surface area contributed by atoms with Crippen molar-refractivity contribution in [2.45, 2.75) is 0 Å². The lowest BCUT2D eigenvalue weighted by molar-refractivity contribution is 0.673. The molecule has 0 bridgehead atoms. The van der Waals surface area contributed by atoms with Gasteiger partial charge in [0.2, 0.25) is 0 Å². The maximum atomic E-state index is 6.65. The molecule has 0 aliphatic carbocycles. The molecule has 0 atom stereocenters. The molecule has 0 N–H and O–H groups in total. The smallest absolute Gasteiger partial charge is 0.145 e. The molecule has 0 saturated heterocycles. The first-order valence-corrected chi connectivity index (χ1v) is 18.5. The first-order valence-electron chi connectivity index (χ1n) is 17.7. The molecule has 4 heterocycles. The lowest BCUT2D eigenvalue weighted by atomic mass is 10.00. The van der Waals surface area contributed by atoms with Crippen molar-refractivity contribution in [2.75, 3.05) is 0 Å². The van der Waals surface area contributed by atoms with E-state index >= 15 is 0 Å². The SMILES string of the molecule is c1ccc(-n2c3ccc(-c4ccc5c(c4)c4ccccc4n5-c4cccc5c4sc4ccccc45)cc3c3c4oc5ccccc5c4ccc32)cc1. The lowest BCUT2D eigenvalue weighted by Crippen LogP contribution is -1.94. The Morgan fingerprint density at radius 1 is 0.404 bits per heavy atom. The van der Waals surface area contributed by atoms with Gasteiger partial charge in [0, 0.05) is 48.1 Å². The molecule has 3 nitrogen and oxygen atoms in total. The fourth-order valence-electron chi connectivity index (χ4n) is 8.64. The maximum Gasteiger partial charge on any atom is 0.145 e. The van der Waals surface area contributed by atoms with Gasteiger partial charge in [-0.15, -0.1) is 11.3 Å². The van der Waals surface area contributed by atoms with Gasteiger partial charge in [-0.1, -0.05) is 97.1 Å². The molecule has 52 heavy (non-hydrogen) atoms. The zero-order valence-electron chi connectivity index (χ0n) is 27.9. The number of aromatic nitrogens is 2. The van der Waals surface area contributed by atoms with Crippen molar-refractivity contribution >= 4 is 97.1 Å². The molecule has 0 unspecified atom stereocenters. The molecule has 0 aliphatic rings. The highest BCUT2D eigenvalue weighted by Gasteiger charge is 2.21. The first kappa shape index (κ1) is 28.1. The average molecular weight is 681 g/mol. The number of fused-ring (bicyclic) bond motifs is 13. The van der Waals surface area contributed by atoms with E-state index < -0.39 is 0 Å². The summed E-state index contributed by atoms with van der Waals surface area (Å²) in [4.78, 5) is 0. The summed E-state index contributed by atoms with van der Waals surface area (Å²) in [6.07, 6.45) is 0. The molecule has 0 aliphatic heterocycles. The Bertz CT molecular complexity index is 3410. The minimum atomic E-state index is 0.912. The van der Waals surface area contributed by atoms with Crippen LogP contribution < -0.4 is 0 Å². The van der Waals surface area contributed by atoms with E-state index in [1.807, 2.05) is 17.4 Å². The van der Waals surface area contributed by atoms with Gasteiger partial charge in [-0.05, 0) is 83.9 Å². The van der Waals surface area contributed by atoms with Crippen molar-refractivity contribution in [1.82, 2.24) is 9.13 Å². The van der Waals surface area contributed by atoms with Crippen molar-refractivity contribution < 1.29 is 4.42 Å². The van der Waals surface area contributed by atoms with Gasteiger partial charge in [0.1, 0.15) is 11.2 Å². The van der Waals surface area contributed by atoms with Gasteiger partial charge >= 0.3 is 0 Å². The largest absolute Gasteiger partial charge is 0.455 e. The number of hydrogen-bond acceptors (Lipinski definition) is 2. The van der Waals surface area contributed by atoms with Crippen LogP contribution in [0.3, 0.4) is 0 Å².